The Morgan fingerprint density at radius 1 is 0.757 bits per heavy atom. The molecule has 0 amide bonds. The molecule has 15 atom stereocenters. The molecule has 15 unspecified atom stereocenters. The van der Waals surface area contributed by atoms with Gasteiger partial charge in [-0.25, -0.2) is 0 Å². The molecule has 0 spiro atoms. The number of hydrogen-bond acceptors (Lipinski definition) is 15. The van der Waals surface area contributed by atoms with Crippen LogP contribution in [0, 0.1) is 0 Å². The summed E-state index contributed by atoms with van der Waals surface area (Å²) in [6, 6.07) is -3.71. The lowest BCUT2D eigenvalue weighted by Crippen LogP contribution is -2.69. The predicted octanol–water partition coefficient (Wildman–Crippen LogP) is -5.93. The number of rotatable bonds is 10. The standard InChI is InChI=1S/C22H46N6O9/c1-2-3-4-28-7-11-14(29)12(26)17(32)22(35-11)37-20-9(25)5-8(24)19(18(20)33)36-21-13(27)16(31)15(30)10(6-23)34-21/h8-22,28-33H,2-7,23-27H2,1H3. The third-order valence-electron chi connectivity index (χ3n) is 7.43. The van der Waals surface area contributed by atoms with Gasteiger partial charge in [-0.1, -0.05) is 13.3 Å². The van der Waals surface area contributed by atoms with Gasteiger partial charge in [0.25, 0.3) is 0 Å². The van der Waals surface area contributed by atoms with E-state index in [-0.39, 0.29) is 19.5 Å². The highest BCUT2D eigenvalue weighted by atomic mass is 16.7. The van der Waals surface area contributed by atoms with Crippen molar-refractivity contribution in [1.82, 2.24) is 5.32 Å². The van der Waals surface area contributed by atoms with Gasteiger partial charge >= 0.3 is 0 Å². The van der Waals surface area contributed by atoms with Crippen LogP contribution in [0.2, 0.25) is 0 Å². The van der Waals surface area contributed by atoms with E-state index in [1.54, 1.807) is 0 Å². The van der Waals surface area contributed by atoms with Crippen LogP contribution in [0.3, 0.4) is 0 Å². The predicted molar refractivity (Wildman–Crippen MR) is 130 cm³/mol. The first-order chi connectivity index (χ1) is 17.5. The number of unbranched alkanes of at least 4 members (excludes halogenated alkanes) is 1. The molecule has 3 rings (SSSR count). The molecule has 15 nitrogen and oxygen atoms in total. The monoisotopic (exact) mass is 538 g/mol. The Morgan fingerprint density at radius 2 is 1.35 bits per heavy atom. The molecule has 1 saturated carbocycles. The molecule has 0 aromatic rings. The van der Waals surface area contributed by atoms with Crippen LogP contribution in [-0.4, -0.2) is 137 Å². The lowest BCUT2D eigenvalue weighted by molar-refractivity contribution is -0.316. The van der Waals surface area contributed by atoms with Gasteiger partial charge in [0.15, 0.2) is 12.6 Å². The van der Waals surface area contributed by atoms with Crippen LogP contribution >= 0.6 is 0 Å². The highest BCUT2D eigenvalue weighted by molar-refractivity contribution is 5.01. The van der Waals surface area contributed by atoms with Crippen molar-refractivity contribution in [2.24, 2.45) is 28.7 Å². The zero-order chi connectivity index (χ0) is 27.4. The van der Waals surface area contributed by atoms with E-state index in [2.05, 4.69) is 12.2 Å². The maximum Gasteiger partial charge on any atom is 0.186 e. The van der Waals surface area contributed by atoms with E-state index in [9.17, 15) is 25.5 Å². The first-order valence-corrected chi connectivity index (χ1v) is 13.0. The highest BCUT2D eigenvalue weighted by Crippen LogP contribution is 2.31. The van der Waals surface area contributed by atoms with E-state index in [1.165, 1.54) is 0 Å². The molecular formula is C22H46N6O9. The first kappa shape index (κ1) is 30.9. The molecule has 15 heteroatoms. The fraction of sp³-hybridized carbons (Fsp3) is 1.00. The maximum absolute atomic E-state index is 11.2. The summed E-state index contributed by atoms with van der Waals surface area (Å²) in [5.74, 6) is 0. The van der Waals surface area contributed by atoms with Crippen molar-refractivity contribution < 1.29 is 44.5 Å². The van der Waals surface area contributed by atoms with Gasteiger partial charge in [0.1, 0.15) is 48.8 Å². The SMILES string of the molecule is CCCCNCC1OC(OC2C(N)CC(N)C(OC3OC(CN)C(O)C(O)C3N)C2O)C(O)C(N)C1O. The molecule has 37 heavy (non-hydrogen) atoms. The summed E-state index contributed by atoms with van der Waals surface area (Å²) in [5.41, 5.74) is 30.1. The molecule has 2 saturated heterocycles. The zero-order valence-electron chi connectivity index (χ0n) is 21.2. The second-order valence-corrected chi connectivity index (χ2v) is 10.3. The second-order valence-electron chi connectivity index (χ2n) is 10.3. The van der Waals surface area contributed by atoms with Crippen LogP contribution in [0.15, 0.2) is 0 Å². The average molecular weight is 539 g/mol. The molecule has 0 aromatic heterocycles. The van der Waals surface area contributed by atoms with Gasteiger partial charge in [-0.2, -0.15) is 0 Å². The summed E-state index contributed by atoms with van der Waals surface area (Å²) in [6.45, 7) is 2.96. The average Bonchev–Trinajstić information content (AvgIpc) is 2.87. The van der Waals surface area contributed by atoms with Crippen LogP contribution in [0.25, 0.3) is 0 Å². The van der Waals surface area contributed by atoms with Crippen LogP contribution in [0.1, 0.15) is 26.2 Å². The summed E-state index contributed by atoms with van der Waals surface area (Å²) in [6.07, 6.45) is -10.9. The third-order valence-corrected chi connectivity index (χ3v) is 7.43. The quantitative estimate of drug-likeness (QED) is 0.115. The second kappa shape index (κ2) is 13.6. The van der Waals surface area contributed by atoms with Gasteiger partial charge in [0.05, 0.1) is 18.2 Å². The van der Waals surface area contributed by atoms with E-state index in [0.717, 1.165) is 19.4 Å². The summed E-state index contributed by atoms with van der Waals surface area (Å²) in [5, 5.41) is 55.8. The zero-order valence-corrected chi connectivity index (χ0v) is 21.2. The van der Waals surface area contributed by atoms with Gasteiger partial charge in [-0.05, 0) is 19.4 Å². The van der Waals surface area contributed by atoms with E-state index < -0.39 is 91.7 Å². The summed E-state index contributed by atoms with van der Waals surface area (Å²) in [4.78, 5) is 0. The van der Waals surface area contributed by atoms with Gasteiger partial charge in [0, 0.05) is 25.2 Å². The Kier molecular flexibility index (Phi) is 11.4. The van der Waals surface area contributed by atoms with Gasteiger partial charge in [0.2, 0.25) is 0 Å². The Bertz CT molecular complexity index is 699. The van der Waals surface area contributed by atoms with Crippen LogP contribution in [-0.2, 0) is 18.9 Å². The minimum atomic E-state index is -1.41. The van der Waals surface area contributed by atoms with Crippen molar-refractivity contribution in [2.75, 3.05) is 19.6 Å². The Labute approximate surface area is 216 Å². The van der Waals surface area contributed by atoms with Crippen molar-refractivity contribution >= 4 is 0 Å². The van der Waals surface area contributed by atoms with Crippen molar-refractivity contribution in [3.63, 3.8) is 0 Å². The molecule has 0 bridgehead atoms. The maximum atomic E-state index is 11.2. The summed E-state index contributed by atoms with van der Waals surface area (Å²) >= 11 is 0. The van der Waals surface area contributed by atoms with E-state index in [4.69, 9.17) is 47.6 Å². The van der Waals surface area contributed by atoms with Crippen molar-refractivity contribution in [1.29, 1.82) is 0 Å². The molecular weight excluding hydrogens is 492 g/mol. The largest absolute Gasteiger partial charge is 0.389 e. The molecule has 2 aliphatic heterocycles. The molecule has 3 fully saturated rings. The fourth-order valence-corrected chi connectivity index (χ4v) is 5.01. The number of nitrogens with two attached hydrogens (primary N) is 5. The van der Waals surface area contributed by atoms with Crippen LogP contribution < -0.4 is 34.0 Å². The Balaban J connectivity index is 1.68. The number of nitrogens with one attached hydrogen (secondary N) is 1. The number of ether oxygens (including phenoxy) is 4. The molecule has 0 aromatic carbocycles. The van der Waals surface area contributed by atoms with Gasteiger partial charge in [-0.15, -0.1) is 0 Å². The van der Waals surface area contributed by atoms with E-state index in [0.29, 0.717) is 0 Å². The van der Waals surface area contributed by atoms with Gasteiger partial charge in [-0.3, -0.25) is 0 Å². The minimum Gasteiger partial charge on any atom is -0.389 e. The molecule has 3 aliphatic rings. The third kappa shape index (κ3) is 6.95. The fourth-order valence-electron chi connectivity index (χ4n) is 5.01. The summed E-state index contributed by atoms with van der Waals surface area (Å²) < 4.78 is 23.3. The number of hydrogen-bond donors (Lipinski definition) is 11. The van der Waals surface area contributed by atoms with E-state index >= 15 is 0 Å². The Morgan fingerprint density at radius 3 is 1.95 bits per heavy atom. The molecule has 0 radical (unpaired) electrons. The number of aliphatic hydroxyl groups is 5. The molecule has 218 valence electrons. The minimum absolute atomic E-state index is 0.0990. The van der Waals surface area contributed by atoms with Crippen LogP contribution in [0.5, 0.6) is 0 Å². The highest BCUT2D eigenvalue weighted by Gasteiger charge is 2.51. The summed E-state index contributed by atoms with van der Waals surface area (Å²) in [7, 11) is 0. The topological polar surface area (TPSA) is 280 Å². The van der Waals surface area contributed by atoms with Crippen molar-refractivity contribution in [3.8, 4) is 0 Å². The van der Waals surface area contributed by atoms with Crippen molar-refractivity contribution in [2.45, 2.75) is 118 Å². The lowest BCUT2D eigenvalue weighted by atomic mass is 9.84. The number of aliphatic hydroxyl groups excluding tert-OH is 5. The van der Waals surface area contributed by atoms with Gasteiger partial charge < -0.3 is 78.5 Å². The molecule has 16 N–H and O–H groups in total. The normalized spacial score (nSPS) is 49.2. The molecule has 1 aliphatic carbocycles. The van der Waals surface area contributed by atoms with E-state index in [1.807, 2.05) is 0 Å². The lowest BCUT2D eigenvalue weighted by Gasteiger charge is -2.48. The smallest absolute Gasteiger partial charge is 0.186 e. The first-order valence-electron chi connectivity index (χ1n) is 13.0. The molecule has 2 heterocycles. The Hall–Kier alpha value is -0.600. The van der Waals surface area contributed by atoms with Crippen molar-refractivity contribution in [3.05, 3.63) is 0 Å². The van der Waals surface area contributed by atoms with Crippen LogP contribution in [0.4, 0.5) is 0 Å².